The summed E-state index contributed by atoms with van der Waals surface area (Å²) in [5, 5.41) is 2.86. The van der Waals surface area contributed by atoms with Gasteiger partial charge in [0, 0.05) is 10.7 Å². The van der Waals surface area contributed by atoms with Crippen LogP contribution < -0.4 is 14.8 Å². The molecular formula is C16H15ClF2N2O4S. The molecule has 0 bridgehead atoms. The third kappa shape index (κ3) is 5.65. The molecule has 0 aliphatic carbocycles. The molecule has 0 aliphatic rings. The quantitative estimate of drug-likeness (QED) is 0.742. The minimum Gasteiger partial charge on any atom is -0.435 e. The highest BCUT2D eigenvalue weighted by Crippen LogP contribution is 2.18. The third-order valence-corrected chi connectivity index (χ3v) is 5.00. The van der Waals surface area contributed by atoms with Crippen molar-refractivity contribution in [2.75, 3.05) is 5.32 Å². The van der Waals surface area contributed by atoms with E-state index < -0.39 is 28.6 Å². The Morgan fingerprint density at radius 2 is 1.65 bits per heavy atom. The summed E-state index contributed by atoms with van der Waals surface area (Å²) in [5.41, 5.74) is 0.300. The zero-order valence-corrected chi connectivity index (χ0v) is 15.0. The number of sulfonamides is 1. The van der Waals surface area contributed by atoms with Gasteiger partial charge in [0.2, 0.25) is 15.9 Å². The summed E-state index contributed by atoms with van der Waals surface area (Å²) in [6, 6.07) is 9.62. The van der Waals surface area contributed by atoms with E-state index >= 15 is 0 Å². The van der Waals surface area contributed by atoms with Crippen LogP contribution in [0.5, 0.6) is 5.75 Å². The second-order valence-electron chi connectivity index (χ2n) is 5.19. The molecule has 0 radical (unpaired) electrons. The molecule has 6 nitrogen and oxygen atoms in total. The standard InChI is InChI=1S/C16H15ClF2N2O4S/c1-10(21-26(23,24)14-8-2-11(17)3-9-14)15(22)20-12-4-6-13(7-5-12)25-16(18)19/h2-10,16,21H,1H3,(H,20,22). The number of nitrogens with one attached hydrogen (secondary N) is 2. The lowest BCUT2D eigenvalue weighted by Gasteiger charge is -2.15. The van der Waals surface area contributed by atoms with Crippen molar-refractivity contribution in [2.45, 2.75) is 24.5 Å². The number of hydrogen-bond donors (Lipinski definition) is 2. The second kappa shape index (κ2) is 8.43. The zero-order chi connectivity index (χ0) is 19.3. The maximum atomic E-state index is 12.2. The molecule has 140 valence electrons. The van der Waals surface area contributed by atoms with Crippen LogP contribution in [0.15, 0.2) is 53.4 Å². The highest BCUT2D eigenvalue weighted by atomic mass is 35.5. The van der Waals surface area contributed by atoms with Gasteiger partial charge in [0.25, 0.3) is 0 Å². The summed E-state index contributed by atoms with van der Waals surface area (Å²) in [6.45, 7) is -1.57. The second-order valence-corrected chi connectivity index (χ2v) is 7.34. The van der Waals surface area contributed by atoms with Gasteiger partial charge in [-0.15, -0.1) is 0 Å². The van der Waals surface area contributed by atoms with E-state index in [2.05, 4.69) is 14.8 Å². The van der Waals surface area contributed by atoms with E-state index in [9.17, 15) is 22.0 Å². The Labute approximate surface area is 154 Å². The van der Waals surface area contributed by atoms with Crippen molar-refractivity contribution in [3.8, 4) is 5.75 Å². The molecule has 0 heterocycles. The maximum Gasteiger partial charge on any atom is 0.387 e. The lowest BCUT2D eigenvalue weighted by atomic mass is 10.2. The number of carbonyl (C=O) groups excluding carboxylic acids is 1. The minimum absolute atomic E-state index is 0.0324. The zero-order valence-electron chi connectivity index (χ0n) is 13.4. The average Bonchev–Trinajstić information content (AvgIpc) is 2.56. The number of anilines is 1. The van der Waals surface area contributed by atoms with Crippen molar-refractivity contribution in [1.29, 1.82) is 0 Å². The Morgan fingerprint density at radius 3 is 2.19 bits per heavy atom. The van der Waals surface area contributed by atoms with E-state index in [1.165, 1.54) is 55.5 Å². The molecule has 0 fully saturated rings. The monoisotopic (exact) mass is 404 g/mol. The molecule has 0 saturated carbocycles. The summed E-state index contributed by atoms with van der Waals surface area (Å²) >= 11 is 5.72. The van der Waals surface area contributed by atoms with E-state index in [-0.39, 0.29) is 10.6 Å². The summed E-state index contributed by atoms with van der Waals surface area (Å²) in [6.07, 6.45) is 0. The molecule has 1 amide bonds. The fourth-order valence-electron chi connectivity index (χ4n) is 1.94. The topological polar surface area (TPSA) is 84.5 Å². The molecule has 2 aromatic carbocycles. The van der Waals surface area contributed by atoms with Gasteiger partial charge in [-0.2, -0.15) is 13.5 Å². The lowest BCUT2D eigenvalue weighted by Crippen LogP contribution is -2.41. The van der Waals surface area contributed by atoms with Crippen LogP contribution in [0, 0.1) is 0 Å². The Balaban J connectivity index is 1.99. The first-order valence-corrected chi connectivity index (χ1v) is 9.17. The fourth-order valence-corrected chi connectivity index (χ4v) is 3.27. The van der Waals surface area contributed by atoms with Crippen molar-refractivity contribution in [2.24, 2.45) is 0 Å². The van der Waals surface area contributed by atoms with Gasteiger partial charge in [-0.3, -0.25) is 4.79 Å². The molecule has 1 atom stereocenters. The van der Waals surface area contributed by atoms with Gasteiger partial charge in [-0.05, 0) is 55.5 Å². The first-order chi connectivity index (χ1) is 12.2. The number of rotatable bonds is 7. The van der Waals surface area contributed by atoms with E-state index in [0.29, 0.717) is 10.7 Å². The molecule has 1 unspecified atom stereocenters. The van der Waals surface area contributed by atoms with Crippen LogP contribution in [0.3, 0.4) is 0 Å². The first kappa shape index (κ1) is 20.1. The van der Waals surface area contributed by atoms with Crippen molar-refractivity contribution in [3.05, 3.63) is 53.6 Å². The molecule has 0 aliphatic heterocycles. The van der Waals surface area contributed by atoms with Crippen LogP contribution in [-0.4, -0.2) is 27.0 Å². The summed E-state index contributed by atoms with van der Waals surface area (Å²) in [7, 11) is -3.91. The van der Waals surface area contributed by atoms with E-state index in [4.69, 9.17) is 11.6 Å². The largest absolute Gasteiger partial charge is 0.435 e. The molecule has 0 spiro atoms. The van der Waals surface area contributed by atoms with E-state index in [0.717, 1.165) is 0 Å². The third-order valence-electron chi connectivity index (χ3n) is 3.20. The van der Waals surface area contributed by atoms with E-state index in [1.807, 2.05) is 0 Å². The molecule has 2 aromatic rings. The molecule has 26 heavy (non-hydrogen) atoms. The van der Waals surface area contributed by atoms with Gasteiger partial charge < -0.3 is 10.1 Å². The van der Waals surface area contributed by atoms with Crippen LogP contribution in [0.4, 0.5) is 14.5 Å². The van der Waals surface area contributed by atoms with Gasteiger partial charge in [0.15, 0.2) is 0 Å². The van der Waals surface area contributed by atoms with Crippen LogP contribution >= 0.6 is 11.6 Å². The van der Waals surface area contributed by atoms with Gasteiger partial charge in [0.1, 0.15) is 5.75 Å². The Hall–Kier alpha value is -2.23. The molecular weight excluding hydrogens is 390 g/mol. The lowest BCUT2D eigenvalue weighted by molar-refractivity contribution is -0.117. The van der Waals surface area contributed by atoms with Crippen molar-refractivity contribution < 1.29 is 26.7 Å². The van der Waals surface area contributed by atoms with Gasteiger partial charge in [-0.25, -0.2) is 8.42 Å². The van der Waals surface area contributed by atoms with Gasteiger partial charge >= 0.3 is 6.61 Å². The van der Waals surface area contributed by atoms with E-state index in [1.54, 1.807) is 0 Å². The summed E-state index contributed by atoms with van der Waals surface area (Å²) < 4.78 is 55.1. The van der Waals surface area contributed by atoms with Crippen LogP contribution in [0.1, 0.15) is 6.92 Å². The number of halogens is 3. The number of benzene rings is 2. The van der Waals surface area contributed by atoms with Crippen LogP contribution in [0.25, 0.3) is 0 Å². The Bertz CT molecular complexity index is 859. The Morgan fingerprint density at radius 1 is 1.08 bits per heavy atom. The van der Waals surface area contributed by atoms with Gasteiger partial charge in [-0.1, -0.05) is 11.6 Å². The number of hydrogen-bond acceptors (Lipinski definition) is 4. The highest BCUT2D eigenvalue weighted by Gasteiger charge is 2.22. The average molecular weight is 405 g/mol. The number of ether oxygens (including phenoxy) is 1. The van der Waals surface area contributed by atoms with Crippen molar-refractivity contribution >= 4 is 33.2 Å². The molecule has 10 heteroatoms. The summed E-state index contributed by atoms with van der Waals surface area (Å²) in [4.78, 5) is 12.1. The molecule has 2 N–H and O–H groups in total. The number of alkyl halides is 2. The van der Waals surface area contributed by atoms with Gasteiger partial charge in [0.05, 0.1) is 10.9 Å². The first-order valence-electron chi connectivity index (χ1n) is 7.31. The Kier molecular flexibility index (Phi) is 6.52. The van der Waals surface area contributed by atoms with Crippen LogP contribution in [0.2, 0.25) is 5.02 Å². The van der Waals surface area contributed by atoms with Crippen molar-refractivity contribution in [3.63, 3.8) is 0 Å². The summed E-state index contributed by atoms with van der Waals surface area (Å²) in [5.74, 6) is -0.681. The fraction of sp³-hybridized carbons (Fsp3) is 0.188. The molecule has 0 saturated heterocycles. The SMILES string of the molecule is CC(NS(=O)(=O)c1ccc(Cl)cc1)C(=O)Nc1ccc(OC(F)F)cc1. The molecule has 2 rings (SSSR count). The number of amides is 1. The highest BCUT2D eigenvalue weighted by molar-refractivity contribution is 7.89. The van der Waals surface area contributed by atoms with Crippen molar-refractivity contribution in [1.82, 2.24) is 4.72 Å². The normalized spacial score (nSPS) is 12.7. The van der Waals surface area contributed by atoms with Crippen LogP contribution in [-0.2, 0) is 14.8 Å². The predicted molar refractivity (Wildman–Crippen MR) is 92.9 cm³/mol. The smallest absolute Gasteiger partial charge is 0.387 e. The minimum atomic E-state index is -3.91. The number of carbonyl (C=O) groups is 1. The maximum absolute atomic E-state index is 12.2. The molecule has 0 aromatic heterocycles. The predicted octanol–water partition coefficient (Wildman–Crippen LogP) is 3.25.